The van der Waals surface area contributed by atoms with Crippen molar-refractivity contribution in [1.82, 2.24) is 19.6 Å². The van der Waals surface area contributed by atoms with Crippen LogP contribution in [0.4, 0.5) is 8.78 Å². The van der Waals surface area contributed by atoms with Crippen molar-refractivity contribution in [3.63, 3.8) is 0 Å². The molecule has 1 aliphatic heterocycles. The number of aromatic nitrogens is 4. The van der Waals surface area contributed by atoms with Crippen molar-refractivity contribution >= 4 is 5.65 Å². The van der Waals surface area contributed by atoms with Crippen molar-refractivity contribution in [3.8, 4) is 0 Å². The molecule has 1 aliphatic rings. The lowest BCUT2D eigenvalue weighted by atomic mass is 9.96. The minimum atomic E-state index is -1.86. The Morgan fingerprint density at radius 1 is 1.59 bits per heavy atom. The number of aryl methyl sites for hydroxylation is 1. The molecule has 0 bridgehead atoms. The number of imidazole rings is 1. The van der Waals surface area contributed by atoms with Crippen LogP contribution in [-0.4, -0.2) is 54.3 Å². The number of hydrogen-bond donors (Lipinski definition) is 2. The Kier molecular flexibility index (Phi) is 3.42. The highest BCUT2D eigenvalue weighted by atomic mass is 19.1. The van der Waals surface area contributed by atoms with Gasteiger partial charge in [-0.25, -0.2) is 18.9 Å². The number of halogens is 2. The van der Waals surface area contributed by atoms with Gasteiger partial charge in [-0.05, 0) is 6.92 Å². The van der Waals surface area contributed by atoms with Crippen LogP contribution in [0.25, 0.3) is 5.65 Å². The van der Waals surface area contributed by atoms with Crippen LogP contribution >= 0.6 is 0 Å². The number of aliphatic hydroxyl groups excluding tert-OH is 2. The number of hydrogen-bond acceptors (Lipinski definition) is 6. The summed E-state index contributed by atoms with van der Waals surface area (Å²) >= 11 is 0. The lowest BCUT2D eigenvalue weighted by Gasteiger charge is -2.25. The Balaban J connectivity index is 2.11. The third-order valence-electron chi connectivity index (χ3n) is 3.85. The molecule has 118 valence electrons. The van der Waals surface area contributed by atoms with Crippen LogP contribution in [0, 0.1) is 13.0 Å². The Labute approximate surface area is 123 Å². The molecule has 4 atom stereocenters. The van der Waals surface area contributed by atoms with Gasteiger partial charge in [-0.15, -0.1) is 11.7 Å². The molecule has 22 heavy (non-hydrogen) atoms. The minimum absolute atomic E-state index is 0.114. The zero-order valence-electron chi connectivity index (χ0n) is 11.6. The molecule has 0 aromatic carbocycles. The average Bonchev–Trinajstić information content (AvgIpc) is 3.01. The number of nitrogens with zero attached hydrogens (tertiary/aromatic N) is 4. The number of rotatable bonds is 3. The maximum absolute atomic E-state index is 14.4. The third kappa shape index (κ3) is 1.93. The molecule has 0 radical (unpaired) electrons. The van der Waals surface area contributed by atoms with Crippen molar-refractivity contribution in [1.29, 1.82) is 0 Å². The predicted octanol–water partition coefficient (Wildman–Crippen LogP) is 0.259. The smallest absolute Gasteiger partial charge is 0.326 e. The second-order valence-electron chi connectivity index (χ2n) is 5.13. The minimum Gasteiger partial charge on any atom is -0.393 e. The molecule has 2 aromatic heterocycles. The quantitative estimate of drug-likeness (QED) is 0.790. The molecular formula is C13H14F2N4O3. The molecule has 7 nitrogen and oxygen atoms in total. The van der Waals surface area contributed by atoms with Gasteiger partial charge in [0.1, 0.15) is 17.8 Å². The van der Waals surface area contributed by atoms with Gasteiger partial charge in [0.05, 0.1) is 24.2 Å². The van der Waals surface area contributed by atoms with Crippen LogP contribution in [0.1, 0.15) is 17.5 Å². The van der Waals surface area contributed by atoms with Gasteiger partial charge in [0, 0.05) is 0 Å². The van der Waals surface area contributed by atoms with E-state index in [2.05, 4.69) is 21.6 Å². The summed E-state index contributed by atoms with van der Waals surface area (Å²) in [5, 5.41) is 22.9. The van der Waals surface area contributed by atoms with Gasteiger partial charge in [0.25, 0.3) is 0 Å². The maximum atomic E-state index is 14.4. The normalized spacial score (nSPS) is 31.8. The fourth-order valence-corrected chi connectivity index (χ4v) is 2.59. The van der Waals surface area contributed by atoms with E-state index in [0.717, 1.165) is 10.6 Å². The first-order valence-electron chi connectivity index (χ1n) is 6.55. The highest BCUT2D eigenvalue weighted by Gasteiger charge is 2.54. The molecule has 1 saturated heterocycles. The summed E-state index contributed by atoms with van der Waals surface area (Å²) in [4.78, 5) is 7.55. The van der Waals surface area contributed by atoms with Gasteiger partial charge in [-0.2, -0.15) is 4.39 Å². The van der Waals surface area contributed by atoms with E-state index in [1.54, 1.807) is 0 Å². The standard InChI is InChI=1S/C13H14F2N4O3/c1-3-13(5-20)10(21)8(14)9(22-13)7-4-16-11-6(2)17-12(15)18-19(7)11/h3-4,8-10,20-21H,1,5H2,2H3/t8-,9-,10-,13+/m0/s1. The molecule has 9 heteroatoms. The first-order chi connectivity index (χ1) is 10.4. The number of aliphatic hydroxyl groups is 2. The fraction of sp³-hybridized carbons (Fsp3) is 0.462. The van der Waals surface area contributed by atoms with E-state index in [1.807, 2.05) is 0 Å². The van der Waals surface area contributed by atoms with E-state index >= 15 is 0 Å². The lowest BCUT2D eigenvalue weighted by molar-refractivity contribution is -0.0798. The highest BCUT2D eigenvalue weighted by molar-refractivity contribution is 5.43. The zero-order valence-corrected chi connectivity index (χ0v) is 11.6. The second kappa shape index (κ2) is 5.04. The Morgan fingerprint density at radius 2 is 2.32 bits per heavy atom. The average molecular weight is 312 g/mol. The second-order valence-corrected chi connectivity index (χ2v) is 5.13. The summed E-state index contributed by atoms with van der Waals surface area (Å²) in [6, 6.07) is 0. The van der Waals surface area contributed by atoms with Gasteiger partial charge in [0.2, 0.25) is 0 Å². The monoisotopic (exact) mass is 312 g/mol. The van der Waals surface area contributed by atoms with E-state index in [0.29, 0.717) is 0 Å². The number of ether oxygens (including phenoxy) is 1. The van der Waals surface area contributed by atoms with Crippen LogP contribution in [-0.2, 0) is 4.74 Å². The Bertz CT molecular complexity index is 737. The molecule has 0 aliphatic carbocycles. The van der Waals surface area contributed by atoms with Crippen LogP contribution in [0.2, 0.25) is 0 Å². The van der Waals surface area contributed by atoms with Gasteiger partial charge in [-0.1, -0.05) is 6.08 Å². The first kappa shape index (κ1) is 14.9. The molecule has 0 spiro atoms. The van der Waals surface area contributed by atoms with Crippen molar-refractivity contribution in [2.75, 3.05) is 6.61 Å². The van der Waals surface area contributed by atoms with E-state index < -0.39 is 36.7 Å². The molecule has 2 N–H and O–H groups in total. The highest BCUT2D eigenvalue weighted by Crippen LogP contribution is 2.42. The van der Waals surface area contributed by atoms with Crippen LogP contribution in [0.15, 0.2) is 18.9 Å². The number of alkyl halides is 1. The summed E-state index contributed by atoms with van der Waals surface area (Å²) in [6.45, 7) is 4.35. The summed E-state index contributed by atoms with van der Waals surface area (Å²) < 4.78 is 34.4. The van der Waals surface area contributed by atoms with Crippen molar-refractivity contribution in [2.24, 2.45) is 0 Å². The maximum Gasteiger partial charge on any atom is 0.326 e. The van der Waals surface area contributed by atoms with Crippen molar-refractivity contribution in [3.05, 3.63) is 36.3 Å². The Morgan fingerprint density at radius 3 is 2.91 bits per heavy atom. The van der Waals surface area contributed by atoms with Crippen molar-refractivity contribution in [2.45, 2.75) is 30.9 Å². The largest absolute Gasteiger partial charge is 0.393 e. The van der Waals surface area contributed by atoms with Gasteiger partial charge in [0.15, 0.2) is 11.8 Å². The summed E-state index contributed by atoms with van der Waals surface area (Å²) in [5.74, 6) is 0. The van der Waals surface area contributed by atoms with Crippen LogP contribution < -0.4 is 0 Å². The first-order valence-corrected chi connectivity index (χ1v) is 6.55. The molecule has 2 aromatic rings. The molecule has 1 fully saturated rings. The SMILES string of the molecule is C=C[C@]1(CO)O[C@@H](c2cnc3c(C)nc(F)nn23)[C@H](F)[C@@H]1O. The molecule has 0 amide bonds. The van der Waals surface area contributed by atoms with E-state index in [9.17, 15) is 19.0 Å². The molecular weight excluding hydrogens is 298 g/mol. The predicted molar refractivity (Wildman–Crippen MR) is 70.2 cm³/mol. The van der Waals surface area contributed by atoms with E-state index in [1.165, 1.54) is 13.1 Å². The zero-order chi connectivity index (χ0) is 16.1. The molecule has 3 heterocycles. The summed E-state index contributed by atoms with van der Waals surface area (Å²) in [7, 11) is 0. The van der Waals surface area contributed by atoms with E-state index in [4.69, 9.17) is 4.74 Å². The van der Waals surface area contributed by atoms with Gasteiger partial charge >= 0.3 is 6.08 Å². The number of fused-ring (bicyclic) bond motifs is 1. The summed E-state index contributed by atoms with van der Waals surface area (Å²) in [6.07, 6.45) is -3.31. The summed E-state index contributed by atoms with van der Waals surface area (Å²) in [5.41, 5.74) is -0.982. The Hall–Kier alpha value is -1.97. The van der Waals surface area contributed by atoms with Gasteiger partial charge in [-0.3, -0.25) is 0 Å². The molecule has 3 rings (SSSR count). The fourth-order valence-electron chi connectivity index (χ4n) is 2.59. The van der Waals surface area contributed by atoms with Gasteiger partial charge < -0.3 is 14.9 Å². The topological polar surface area (TPSA) is 92.8 Å². The van der Waals surface area contributed by atoms with Crippen LogP contribution in [0.3, 0.4) is 0 Å². The lowest BCUT2D eigenvalue weighted by Crippen LogP contribution is -2.43. The van der Waals surface area contributed by atoms with Crippen LogP contribution in [0.5, 0.6) is 0 Å². The van der Waals surface area contributed by atoms with E-state index in [-0.39, 0.29) is 17.0 Å². The molecule has 0 unspecified atom stereocenters. The third-order valence-corrected chi connectivity index (χ3v) is 3.85. The van der Waals surface area contributed by atoms with Crippen molar-refractivity contribution < 1.29 is 23.7 Å². The molecule has 0 saturated carbocycles.